The van der Waals surface area contributed by atoms with Crippen molar-refractivity contribution in [1.82, 2.24) is 19.6 Å². The molecule has 7 heteroatoms. The van der Waals surface area contributed by atoms with Gasteiger partial charge in [0.15, 0.2) is 0 Å². The molecule has 2 aliphatic heterocycles. The highest BCUT2D eigenvalue weighted by Gasteiger charge is 2.23. The third-order valence-electron chi connectivity index (χ3n) is 4.74. The number of nitrogens with zero attached hydrogens (tertiary/aromatic N) is 4. The smallest absolute Gasteiger partial charge is 0.305 e. The zero-order chi connectivity index (χ0) is 16.8. The van der Waals surface area contributed by atoms with Gasteiger partial charge in [0.05, 0.1) is 25.3 Å². The van der Waals surface area contributed by atoms with Crippen molar-refractivity contribution in [1.29, 1.82) is 0 Å². The highest BCUT2D eigenvalue weighted by Crippen LogP contribution is 2.14. The minimum atomic E-state index is -0.790. The molecule has 0 aromatic carbocycles. The monoisotopic (exact) mass is 336 g/mol. The first-order valence-electron chi connectivity index (χ1n) is 8.98. The van der Waals surface area contributed by atoms with E-state index in [-0.39, 0.29) is 12.5 Å². The first-order valence-corrected chi connectivity index (χ1v) is 8.98. The van der Waals surface area contributed by atoms with Crippen molar-refractivity contribution in [2.75, 3.05) is 39.3 Å². The second-order valence-electron chi connectivity index (χ2n) is 6.84. The van der Waals surface area contributed by atoms with Crippen LogP contribution in [0.25, 0.3) is 0 Å². The van der Waals surface area contributed by atoms with Gasteiger partial charge in [-0.15, -0.1) is 0 Å². The van der Waals surface area contributed by atoms with Crippen LogP contribution < -0.4 is 0 Å². The molecule has 1 atom stereocenters. The third kappa shape index (κ3) is 5.29. The van der Waals surface area contributed by atoms with Crippen LogP contribution in [0, 0.1) is 0 Å². The van der Waals surface area contributed by atoms with Crippen LogP contribution in [0.4, 0.5) is 0 Å². The summed E-state index contributed by atoms with van der Waals surface area (Å²) in [5.41, 5.74) is 1.14. The summed E-state index contributed by atoms with van der Waals surface area (Å²) >= 11 is 0. The number of hydrogen-bond donors (Lipinski definition) is 1. The molecule has 0 bridgehead atoms. The van der Waals surface area contributed by atoms with Crippen molar-refractivity contribution < 1.29 is 14.6 Å². The molecule has 1 aromatic heterocycles. The van der Waals surface area contributed by atoms with Crippen LogP contribution in [0.15, 0.2) is 12.4 Å². The van der Waals surface area contributed by atoms with Crippen LogP contribution in [0.3, 0.4) is 0 Å². The fourth-order valence-electron chi connectivity index (χ4n) is 3.56. The normalized spacial score (nSPS) is 23.4. The van der Waals surface area contributed by atoms with E-state index in [2.05, 4.69) is 14.9 Å². The summed E-state index contributed by atoms with van der Waals surface area (Å²) in [6, 6.07) is 0. The van der Waals surface area contributed by atoms with Gasteiger partial charge in [-0.3, -0.25) is 14.4 Å². The number of rotatable bonds is 7. The molecule has 134 valence electrons. The van der Waals surface area contributed by atoms with E-state index in [1.165, 1.54) is 25.9 Å². The van der Waals surface area contributed by atoms with Gasteiger partial charge in [-0.1, -0.05) is 0 Å². The standard InChI is InChI=1S/C17H28N4O3/c22-17(23)4-8-21-12-15(10-18-21)11-20-7-3-9-24-16(14-20)13-19-5-1-2-6-19/h10,12,16H,1-9,11,13-14H2,(H,22,23)/t16-/m0/s1. The Morgan fingerprint density at radius 1 is 1.25 bits per heavy atom. The first-order chi connectivity index (χ1) is 11.7. The van der Waals surface area contributed by atoms with Crippen LogP contribution in [0.2, 0.25) is 0 Å². The molecule has 1 aromatic rings. The Balaban J connectivity index is 1.50. The molecule has 0 amide bonds. The van der Waals surface area contributed by atoms with Gasteiger partial charge < -0.3 is 14.7 Å². The number of carbonyl (C=O) groups is 1. The summed E-state index contributed by atoms with van der Waals surface area (Å²) in [5, 5.41) is 13.0. The summed E-state index contributed by atoms with van der Waals surface area (Å²) < 4.78 is 7.76. The molecule has 0 radical (unpaired) electrons. The molecule has 2 saturated heterocycles. The second kappa shape index (κ2) is 8.60. The van der Waals surface area contributed by atoms with Crippen molar-refractivity contribution in [3.8, 4) is 0 Å². The van der Waals surface area contributed by atoms with E-state index >= 15 is 0 Å². The van der Waals surface area contributed by atoms with Gasteiger partial charge in [0, 0.05) is 44.5 Å². The highest BCUT2D eigenvalue weighted by molar-refractivity contribution is 5.66. The van der Waals surface area contributed by atoms with Gasteiger partial charge in [-0.05, 0) is 32.4 Å². The van der Waals surface area contributed by atoms with E-state index in [0.717, 1.165) is 44.8 Å². The lowest BCUT2D eigenvalue weighted by atomic mass is 10.2. The molecule has 0 spiro atoms. The average Bonchev–Trinajstić information content (AvgIpc) is 3.16. The Morgan fingerprint density at radius 3 is 2.83 bits per heavy atom. The number of aromatic nitrogens is 2. The molecular formula is C17H28N4O3. The maximum atomic E-state index is 10.6. The largest absolute Gasteiger partial charge is 0.481 e. The van der Waals surface area contributed by atoms with Crippen molar-refractivity contribution in [2.24, 2.45) is 0 Å². The van der Waals surface area contributed by atoms with Crippen LogP contribution in [-0.4, -0.2) is 76.1 Å². The lowest BCUT2D eigenvalue weighted by Crippen LogP contribution is -2.39. The van der Waals surface area contributed by atoms with E-state index < -0.39 is 5.97 Å². The summed E-state index contributed by atoms with van der Waals surface area (Å²) in [6.07, 6.45) is 7.89. The summed E-state index contributed by atoms with van der Waals surface area (Å²) in [5.74, 6) is -0.790. The number of hydrogen-bond acceptors (Lipinski definition) is 5. The number of ether oxygens (including phenoxy) is 1. The fraction of sp³-hybridized carbons (Fsp3) is 0.765. The van der Waals surface area contributed by atoms with Crippen LogP contribution in [-0.2, 0) is 22.6 Å². The molecule has 0 saturated carbocycles. The van der Waals surface area contributed by atoms with Gasteiger partial charge in [0.25, 0.3) is 0 Å². The predicted octanol–water partition coefficient (Wildman–Crippen LogP) is 1.04. The van der Waals surface area contributed by atoms with Gasteiger partial charge in [-0.25, -0.2) is 0 Å². The van der Waals surface area contributed by atoms with Gasteiger partial charge in [-0.2, -0.15) is 5.10 Å². The molecule has 2 fully saturated rings. The number of carboxylic acid groups (broad SMARTS) is 1. The van der Waals surface area contributed by atoms with Gasteiger partial charge in [0.2, 0.25) is 0 Å². The number of aryl methyl sites for hydroxylation is 1. The van der Waals surface area contributed by atoms with Gasteiger partial charge >= 0.3 is 5.97 Å². The molecule has 1 N–H and O–H groups in total. The summed E-state index contributed by atoms with van der Waals surface area (Å²) in [4.78, 5) is 15.6. The molecule has 7 nitrogen and oxygen atoms in total. The summed E-state index contributed by atoms with van der Waals surface area (Å²) in [7, 11) is 0. The molecule has 0 unspecified atom stereocenters. The topological polar surface area (TPSA) is 70.8 Å². The number of likely N-dealkylation sites (tertiary alicyclic amines) is 1. The lowest BCUT2D eigenvalue weighted by Gasteiger charge is -2.26. The first kappa shape index (κ1) is 17.4. The molecule has 24 heavy (non-hydrogen) atoms. The van der Waals surface area contributed by atoms with E-state index in [1.54, 1.807) is 4.68 Å². The van der Waals surface area contributed by atoms with E-state index in [0.29, 0.717) is 6.54 Å². The maximum Gasteiger partial charge on any atom is 0.305 e. The Hall–Kier alpha value is -1.44. The third-order valence-corrected chi connectivity index (χ3v) is 4.74. The average molecular weight is 336 g/mol. The predicted molar refractivity (Wildman–Crippen MR) is 89.8 cm³/mol. The highest BCUT2D eigenvalue weighted by atomic mass is 16.5. The molecule has 2 aliphatic rings. The summed E-state index contributed by atoms with van der Waals surface area (Å²) in [6.45, 7) is 7.56. The Morgan fingerprint density at radius 2 is 2.04 bits per heavy atom. The van der Waals surface area contributed by atoms with Crippen molar-refractivity contribution in [2.45, 2.75) is 44.9 Å². The van der Waals surface area contributed by atoms with E-state index in [1.807, 2.05) is 12.4 Å². The van der Waals surface area contributed by atoms with Crippen molar-refractivity contribution in [3.63, 3.8) is 0 Å². The van der Waals surface area contributed by atoms with Crippen molar-refractivity contribution >= 4 is 5.97 Å². The van der Waals surface area contributed by atoms with Crippen LogP contribution in [0.5, 0.6) is 0 Å². The maximum absolute atomic E-state index is 10.6. The quantitative estimate of drug-likeness (QED) is 0.802. The number of carboxylic acids is 1. The minimum absolute atomic E-state index is 0.108. The van der Waals surface area contributed by atoms with Crippen LogP contribution >= 0.6 is 0 Å². The second-order valence-corrected chi connectivity index (χ2v) is 6.84. The van der Waals surface area contributed by atoms with Crippen molar-refractivity contribution in [3.05, 3.63) is 18.0 Å². The fourth-order valence-corrected chi connectivity index (χ4v) is 3.56. The lowest BCUT2D eigenvalue weighted by molar-refractivity contribution is -0.137. The van der Waals surface area contributed by atoms with E-state index in [4.69, 9.17) is 9.84 Å². The zero-order valence-corrected chi connectivity index (χ0v) is 14.3. The molecule has 3 rings (SSSR count). The van der Waals surface area contributed by atoms with E-state index in [9.17, 15) is 4.79 Å². The van der Waals surface area contributed by atoms with Gasteiger partial charge in [0.1, 0.15) is 0 Å². The Labute approximate surface area is 143 Å². The Kier molecular flexibility index (Phi) is 6.23. The minimum Gasteiger partial charge on any atom is -0.481 e. The zero-order valence-electron chi connectivity index (χ0n) is 14.3. The Bertz CT molecular complexity index is 528. The SMILES string of the molecule is O=C(O)CCn1cc(CN2CCCO[C@@H](CN3CCCC3)C2)cn1. The van der Waals surface area contributed by atoms with Crippen LogP contribution in [0.1, 0.15) is 31.2 Å². The molecule has 0 aliphatic carbocycles. The number of aliphatic carboxylic acids is 1. The molecule has 3 heterocycles. The molecular weight excluding hydrogens is 308 g/mol.